The molecule has 4 heteroatoms. The Labute approximate surface area is 134 Å². The predicted octanol–water partition coefficient (Wildman–Crippen LogP) is 4.24. The lowest BCUT2D eigenvalue weighted by molar-refractivity contribution is -0.131. The topological polar surface area (TPSA) is 40.5 Å². The summed E-state index contributed by atoms with van der Waals surface area (Å²) >= 11 is 3.58. The predicted molar refractivity (Wildman–Crippen MR) is 86.5 cm³/mol. The minimum Gasteiger partial charge on any atom is -0.299 e. The van der Waals surface area contributed by atoms with Gasteiger partial charge in [-0.2, -0.15) is 0 Å². The number of hydrogen-bond donors (Lipinski definition) is 1. The van der Waals surface area contributed by atoms with Crippen LogP contribution in [0.25, 0.3) is 0 Å². The molecule has 21 heavy (non-hydrogen) atoms. The highest BCUT2D eigenvalue weighted by Crippen LogP contribution is 2.66. The number of hydrogen-bond acceptors (Lipinski definition) is 3. The molecule has 2 saturated carbocycles. The molecule has 1 N–H and O–H groups in total. The van der Waals surface area contributed by atoms with Gasteiger partial charge in [0.15, 0.2) is 0 Å². The monoisotopic (exact) mass is 351 g/mol. The van der Waals surface area contributed by atoms with Crippen molar-refractivity contribution in [1.82, 2.24) is 0 Å². The second-order valence-corrected chi connectivity index (χ2v) is 8.08. The summed E-state index contributed by atoms with van der Waals surface area (Å²) in [5, 5.41) is 11.7. The van der Waals surface area contributed by atoms with Gasteiger partial charge in [-0.25, -0.2) is 5.06 Å². The van der Waals surface area contributed by atoms with Crippen molar-refractivity contribution in [3.05, 3.63) is 30.3 Å². The van der Waals surface area contributed by atoms with Crippen molar-refractivity contribution < 1.29 is 10.0 Å². The Morgan fingerprint density at radius 3 is 2.43 bits per heavy atom. The van der Waals surface area contributed by atoms with Gasteiger partial charge in [0.05, 0.1) is 11.6 Å². The highest BCUT2D eigenvalue weighted by molar-refractivity contribution is 9.09. The average molecular weight is 352 g/mol. The van der Waals surface area contributed by atoms with Gasteiger partial charge in [0.1, 0.15) is 10.7 Å². The number of carbonyl (C=O) groups is 1. The second-order valence-electron chi connectivity index (χ2n) is 7.14. The fourth-order valence-electron chi connectivity index (χ4n) is 4.35. The van der Waals surface area contributed by atoms with E-state index in [-0.39, 0.29) is 21.7 Å². The van der Waals surface area contributed by atoms with E-state index in [4.69, 9.17) is 0 Å². The highest BCUT2D eigenvalue weighted by atomic mass is 79.9. The van der Waals surface area contributed by atoms with Crippen LogP contribution in [0.2, 0.25) is 0 Å². The van der Waals surface area contributed by atoms with E-state index in [0.717, 1.165) is 12.8 Å². The fourth-order valence-corrected chi connectivity index (χ4v) is 5.19. The molecule has 2 aliphatic rings. The molecule has 0 spiro atoms. The van der Waals surface area contributed by atoms with E-state index in [1.165, 1.54) is 5.06 Å². The molecule has 3 nitrogen and oxygen atoms in total. The second kappa shape index (κ2) is 4.82. The number of hydroxylamine groups is 1. The van der Waals surface area contributed by atoms with Crippen molar-refractivity contribution in [2.45, 2.75) is 38.6 Å². The third-order valence-corrected chi connectivity index (χ3v) is 7.09. The number of carbonyl (C=O) groups excluding carboxylic acids is 1. The van der Waals surface area contributed by atoms with Gasteiger partial charge in [-0.15, -0.1) is 0 Å². The summed E-state index contributed by atoms with van der Waals surface area (Å²) in [6.45, 7) is 6.50. The molecule has 4 atom stereocenters. The van der Waals surface area contributed by atoms with Gasteiger partial charge >= 0.3 is 0 Å². The molecule has 2 aliphatic carbocycles. The summed E-state index contributed by atoms with van der Waals surface area (Å²) in [4.78, 5) is 12.5. The van der Waals surface area contributed by atoms with Crippen molar-refractivity contribution in [3.63, 3.8) is 0 Å². The maximum atomic E-state index is 12.9. The molecule has 1 aromatic rings. The quantitative estimate of drug-likeness (QED) is 0.502. The van der Waals surface area contributed by atoms with Gasteiger partial charge in [0.25, 0.3) is 0 Å². The van der Waals surface area contributed by atoms with E-state index in [0.29, 0.717) is 17.4 Å². The Balaban J connectivity index is 1.90. The third kappa shape index (κ3) is 1.92. The van der Waals surface area contributed by atoms with Crippen LogP contribution in [0.5, 0.6) is 0 Å². The van der Waals surface area contributed by atoms with Crippen LogP contribution in [0.4, 0.5) is 5.69 Å². The Morgan fingerprint density at radius 2 is 1.90 bits per heavy atom. The first-order valence-corrected chi connectivity index (χ1v) is 8.44. The summed E-state index contributed by atoms with van der Waals surface area (Å²) in [5.74, 6) is 0.447. The van der Waals surface area contributed by atoms with Crippen molar-refractivity contribution in [2.75, 3.05) is 5.06 Å². The van der Waals surface area contributed by atoms with Crippen LogP contribution in [-0.2, 0) is 4.79 Å². The molecule has 0 amide bonds. The Morgan fingerprint density at radius 1 is 1.29 bits per heavy atom. The molecular formula is C17H22BrNO2. The standard InChI is InChI=1S/C17H22BrNO2/c1-16(2)12-9-10-17(16,3)14(20)13(12)15(18)19(21)11-7-5-4-6-8-11/h4-8,12-13,15,21H,9-10H2,1-3H3/t12-,13+,15-,17+/m0/s1. The van der Waals surface area contributed by atoms with Gasteiger partial charge in [-0.1, -0.05) is 54.9 Å². The summed E-state index contributed by atoms with van der Waals surface area (Å²) in [5.41, 5.74) is 0.447. The van der Waals surface area contributed by atoms with E-state index in [9.17, 15) is 10.0 Å². The van der Waals surface area contributed by atoms with Crippen LogP contribution in [0.15, 0.2) is 30.3 Å². The molecule has 2 bridgehead atoms. The molecule has 0 unspecified atom stereocenters. The lowest BCUT2D eigenvalue weighted by Crippen LogP contribution is -2.42. The minimum absolute atomic E-state index is 0.00169. The molecular weight excluding hydrogens is 330 g/mol. The van der Waals surface area contributed by atoms with Crippen LogP contribution < -0.4 is 5.06 Å². The number of fused-ring (bicyclic) bond motifs is 2. The Bertz CT molecular complexity index is 559. The number of ketones is 1. The van der Waals surface area contributed by atoms with E-state index in [1.807, 2.05) is 30.3 Å². The number of benzene rings is 1. The minimum atomic E-state index is -0.376. The van der Waals surface area contributed by atoms with Crippen molar-refractivity contribution in [3.8, 4) is 0 Å². The number of alkyl halides is 1. The van der Waals surface area contributed by atoms with Crippen LogP contribution in [0.1, 0.15) is 33.6 Å². The molecule has 114 valence electrons. The van der Waals surface area contributed by atoms with Crippen LogP contribution in [-0.4, -0.2) is 15.9 Å². The zero-order chi connectivity index (χ0) is 15.4. The molecule has 2 fully saturated rings. The highest BCUT2D eigenvalue weighted by Gasteiger charge is 2.67. The number of halogens is 1. The fraction of sp³-hybridized carbons (Fsp3) is 0.588. The number of para-hydroxylation sites is 1. The first-order chi connectivity index (χ1) is 9.80. The summed E-state index contributed by atoms with van der Waals surface area (Å²) in [6.07, 6.45) is 2.03. The van der Waals surface area contributed by atoms with Crippen LogP contribution in [0.3, 0.4) is 0 Å². The third-order valence-electron chi connectivity index (χ3n) is 6.14. The van der Waals surface area contributed by atoms with E-state index in [1.54, 1.807) is 0 Å². The average Bonchev–Trinajstić information content (AvgIpc) is 2.79. The number of Topliss-reactive ketones (excluding diaryl/α,β-unsaturated/α-hetero) is 1. The largest absolute Gasteiger partial charge is 0.299 e. The lowest BCUT2D eigenvalue weighted by Gasteiger charge is -2.33. The molecule has 0 saturated heterocycles. The Hall–Kier alpha value is -0.870. The van der Waals surface area contributed by atoms with Gasteiger partial charge in [-0.05, 0) is 36.3 Å². The van der Waals surface area contributed by atoms with Gasteiger partial charge in [-0.3, -0.25) is 10.0 Å². The molecule has 0 aromatic heterocycles. The maximum absolute atomic E-state index is 12.9. The molecule has 0 aliphatic heterocycles. The SMILES string of the molecule is CC1(C)[C@H]2CC[C@]1(C)C(=O)[C@@H]2[C@@H](Br)N(O)c1ccccc1. The zero-order valence-electron chi connectivity index (χ0n) is 12.7. The molecule has 0 radical (unpaired) electrons. The van der Waals surface area contributed by atoms with Crippen LogP contribution in [0, 0.1) is 22.7 Å². The van der Waals surface area contributed by atoms with E-state index in [2.05, 4.69) is 36.7 Å². The van der Waals surface area contributed by atoms with E-state index >= 15 is 0 Å². The van der Waals surface area contributed by atoms with Gasteiger partial charge in [0, 0.05) is 5.41 Å². The Kier molecular flexibility index (Phi) is 3.45. The first kappa shape index (κ1) is 15.0. The maximum Gasteiger partial charge on any atom is 0.145 e. The summed E-state index contributed by atoms with van der Waals surface area (Å²) < 4.78 is 0. The van der Waals surface area contributed by atoms with Gasteiger partial charge < -0.3 is 0 Å². The molecule has 1 aromatic carbocycles. The molecule has 0 heterocycles. The summed E-state index contributed by atoms with van der Waals surface area (Å²) in [6, 6.07) is 9.36. The van der Waals surface area contributed by atoms with Crippen LogP contribution >= 0.6 is 15.9 Å². The van der Waals surface area contributed by atoms with Crippen molar-refractivity contribution >= 4 is 27.4 Å². The number of anilines is 1. The number of rotatable bonds is 3. The lowest BCUT2D eigenvalue weighted by atomic mass is 9.70. The van der Waals surface area contributed by atoms with Gasteiger partial charge in [0.2, 0.25) is 0 Å². The zero-order valence-corrected chi connectivity index (χ0v) is 14.3. The van der Waals surface area contributed by atoms with Crippen molar-refractivity contribution in [2.24, 2.45) is 22.7 Å². The van der Waals surface area contributed by atoms with Crippen molar-refractivity contribution in [1.29, 1.82) is 0 Å². The van der Waals surface area contributed by atoms with E-state index < -0.39 is 0 Å². The number of nitrogens with zero attached hydrogens (tertiary/aromatic N) is 1. The first-order valence-electron chi connectivity index (χ1n) is 7.52. The smallest absolute Gasteiger partial charge is 0.145 e. The molecule has 3 rings (SSSR count). The normalized spacial score (nSPS) is 35.0. The summed E-state index contributed by atoms with van der Waals surface area (Å²) in [7, 11) is 0.